The lowest BCUT2D eigenvalue weighted by Crippen LogP contribution is -2.21. The molecule has 0 atom stereocenters. The van der Waals surface area contributed by atoms with Gasteiger partial charge in [0.2, 0.25) is 25.0 Å². The molecule has 2 heterocycles. The van der Waals surface area contributed by atoms with E-state index in [1.807, 2.05) is 0 Å². The van der Waals surface area contributed by atoms with Gasteiger partial charge < -0.3 is 5.32 Å². The van der Waals surface area contributed by atoms with Crippen LogP contribution in [0.25, 0.3) is 0 Å². The van der Waals surface area contributed by atoms with Crippen molar-refractivity contribution in [3.63, 3.8) is 0 Å². The average Bonchev–Trinajstić information content (AvgIpc) is 3.08. The Bertz CT molecular complexity index is 1180. The van der Waals surface area contributed by atoms with E-state index < -0.39 is 19.9 Å². The zero-order valence-electron chi connectivity index (χ0n) is 14.2. The highest BCUT2D eigenvalue weighted by Gasteiger charge is 2.20. The molecule has 1 aromatic carbocycles. The number of hydrogen-bond donors (Lipinski definition) is 2. The zero-order chi connectivity index (χ0) is 20.4. The molecule has 10 nitrogen and oxygen atoms in total. The zero-order valence-corrected chi connectivity index (χ0v) is 17.4. The third kappa shape index (κ3) is 5.20. The number of halogens is 1. The minimum Gasteiger partial charge on any atom is -0.313 e. The fraction of sp³-hybridized carbons (Fsp3) is 0.143. The molecule has 0 aliphatic rings. The molecule has 14 heteroatoms. The Labute approximate surface area is 170 Å². The Kier molecular flexibility index (Phi) is 5.90. The van der Waals surface area contributed by atoms with Crippen molar-refractivity contribution >= 4 is 53.7 Å². The van der Waals surface area contributed by atoms with Gasteiger partial charge in [-0.25, -0.2) is 31.5 Å². The van der Waals surface area contributed by atoms with Gasteiger partial charge in [0.15, 0.2) is 10.8 Å². The quantitative estimate of drug-likeness (QED) is 0.537. The van der Waals surface area contributed by atoms with E-state index >= 15 is 0 Å². The molecule has 148 valence electrons. The van der Waals surface area contributed by atoms with Crippen LogP contribution in [-0.4, -0.2) is 43.3 Å². The molecule has 0 unspecified atom stereocenters. The van der Waals surface area contributed by atoms with E-state index in [1.54, 1.807) is 0 Å². The number of anilines is 2. The van der Waals surface area contributed by atoms with Crippen molar-refractivity contribution in [3.05, 3.63) is 46.7 Å². The topological polar surface area (TPSA) is 144 Å². The molecule has 0 amide bonds. The molecule has 2 N–H and O–H groups in total. The van der Waals surface area contributed by atoms with Gasteiger partial charge in [0.05, 0.1) is 30.1 Å². The van der Waals surface area contributed by atoms with Crippen molar-refractivity contribution in [1.29, 1.82) is 0 Å². The highest BCUT2D eigenvalue weighted by Crippen LogP contribution is 2.22. The first-order valence-electron chi connectivity index (χ1n) is 7.50. The third-order valence-electron chi connectivity index (χ3n) is 3.21. The van der Waals surface area contributed by atoms with Crippen LogP contribution >= 0.6 is 22.9 Å². The lowest BCUT2D eigenvalue weighted by molar-refractivity contribution is 0.586. The van der Waals surface area contributed by atoms with Crippen molar-refractivity contribution in [3.8, 4) is 0 Å². The van der Waals surface area contributed by atoms with Crippen molar-refractivity contribution in [1.82, 2.24) is 24.9 Å². The highest BCUT2D eigenvalue weighted by molar-refractivity contribution is 7.91. The van der Waals surface area contributed by atoms with E-state index in [0.29, 0.717) is 15.2 Å². The van der Waals surface area contributed by atoms with Crippen molar-refractivity contribution in [2.75, 3.05) is 11.6 Å². The Morgan fingerprint density at radius 3 is 2.36 bits per heavy atom. The number of rotatable bonds is 7. The summed E-state index contributed by atoms with van der Waals surface area (Å²) in [5.74, 6) is 0.258. The average molecular weight is 461 g/mol. The standard InChI is InChI=1S/C14H13ClN6O4S3/c1-27(22,23)18-7-12-20-21-14(26-12)19-11-6-17-13(8-16-11)28(24,25)10-4-2-9(15)3-5-10/h2-6,8,18H,7H2,1H3,(H,16,19,21). The van der Waals surface area contributed by atoms with Crippen molar-refractivity contribution < 1.29 is 16.8 Å². The Morgan fingerprint density at radius 1 is 1.04 bits per heavy atom. The van der Waals surface area contributed by atoms with Gasteiger partial charge in [-0.3, -0.25) is 0 Å². The number of aromatic nitrogens is 4. The summed E-state index contributed by atoms with van der Waals surface area (Å²) >= 11 is 6.89. The number of hydrogen-bond acceptors (Lipinski definition) is 10. The van der Waals surface area contributed by atoms with E-state index in [2.05, 4.69) is 30.2 Å². The van der Waals surface area contributed by atoms with Crippen LogP contribution < -0.4 is 10.0 Å². The monoisotopic (exact) mass is 460 g/mol. The summed E-state index contributed by atoms with van der Waals surface area (Å²) < 4.78 is 49.5. The van der Waals surface area contributed by atoms with Crippen LogP contribution in [0.5, 0.6) is 0 Å². The van der Waals surface area contributed by atoms with Gasteiger partial charge >= 0.3 is 0 Å². The summed E-state index contributed by atoms with van der Waals surface area (Å²) in [7, 11) is -7.15. The maximum Gasteiger partial charge on any atom is 0.225 e. The number of nitrogens with zero attached hydrogens (tertiary/aromatic N) is 4. The Morgan fingerprint density at radius 2 is 1.75 bits per heavy atom. The predicted molar refractivity (Wildman–Crippen MR) is 104 cm³/mol. The second-order valence-corrected chi connectivity index (χ2v) is 10.6. The molecule has 0 saturated heterocycles. The van der Waals surface area contributed by atoms with Crippen LogP contribution in [0.3, 0.4) is 0 Å². The van der Waals surface area contributed by atoms with Gasteiger partial charge in [0, 0.05) is 5.02 Å². The fourth-order valence-electron chi connectivity index (χ4n) is 1.93. The summed E-state index contributed by atoms with van der Waals surface area (Å²) in [5, 5.41) is 11.5. The Hall–Kier alpha value is -2.19. The summed E-state index contributed by atoms with van der Waals surface area (Å²) in [5.41, 5.74) is 0. The minimum atomic E-state index is -3.81. The molecule has 28 heavy (non-hydrogen) atoms. The van der Waals surface area contributed by atoms with Gasteiger partial charge in [-0.1, -0.05) is 22.9 Å². The fourth-order valence-corrected chi connectivity index (χ4v) is 4.35. The van der Waals surface area contributed by atoms with Gasteiger partial charge in [-0.15, -0.1) is 10.2 Å². The van der Waals surface area contributed by atoms with Crippen molar-refractivity contribution in [2.45, 2.75) is 16.5 Å². The van der Waals surface area contributed by atoms with Crippen LogP contribution in [0, 0.1) is 0 Å². The summed E-state index contributed by atoms with van der Waals surface area (Å²) in [6, 6.07) is 5.73. The van der Waals surface area contributed by atoms with Crippen LogP contribution in [0.15, 0.2) is 46.6 Å². The molecule has 0 fully saturated rings. The van der Waals surface area contributed by atoms with Crippen LogP contribution in [-0.2, 0) is 26.4 Å². The largest absolute Gasteiger partial charge is 0.313 e. The molecule has 0 saturated carbocycles. The van der Waals surface area contributed by atoms with E-state index in [1.165, 1.54) is 30.5 Å². The van der Waals surface area contributed by atoms with Gasteiger partial charge in [0.25, 0.3) is 0 Å². The summed E-state index contributed by atoms with van der Waals surface area (Å²) in [6.45, 7) is 0.0160. The molecule has 0 spiro atoms. The van der Waals surface area contributed by atoms with Gasteiger partial charge in [-0.05, 0) is 24.3 Å². The van der Waals surface area contributed by atoms with Crippen LogP contribution in [0.4, 0.5) is 10.9 Å². The number of nitrogens with one attached hydrogen (secondary N) is 2. The SMILES string of the molecule is CS(=O)(=O)NCc1nnc(Nc2cnc(S(=O)(=O)c3ccc(Cl)cc3)cn2)s1. The number of sulfonamides is 1. The smallest absolute Gasteiger partial charge is 0.225 e. The van der Waals surface area contributed by atoms with Crippen LogP contribution in [0.1, 0.15) is 5.01 Å². The van der Waals surface area contributed by atoms with E-state index in [4.69, 9.17) is 11.6 Å². The first-order chi connectivity index (χ1) is 13.1. The maximum atomic E-state index is 12.5. The minimum absolute atomic E-state index is 0.0160. The van der Waals surface area contributed by atoms with Gasteiger partial charge in [-0.2, -0.15) is 0 Å². The second kappa shape index (κ2) is 8.05. The maximum absolute atomic E-state index is 12.5. The first-order valence-corrected chi connectivity index (χ1v) is 12.1. The van der Waals surface area contributed by atoms with E-state index in [9.17, 15) is 16.8 Å². The predicted octanol–water partition coefficient (Wildman–Crippen LogP) is 1.61. The molecule has 3 rings (SSSR count). The second-order valence-electron chi connectivity index (χ2n) is 5.42. The number of sulfone groups is 1. The lowest BCUT2D eigenvalue weighted by atomic mass is 10.4. The highest BCUT2D eigenvalue weighted by atomic mass is 35.5. The Balaban J connectivity index is 1.71. The molecule has 0 radical (unpaired) electrons. The third-order valence-corrected chi connectivity index (χ3v) is 6.63. The van der Waals surface area contributed by atoms with E-state index in [-0.39, 0.29) is 22.3 Å². The molecule has 3 aromatic rings. The first kappa shape index (κ1) is 20.5. The molecular weight excluding hydrogens is 448 g/mol. The summed E-state index contributed by atoms with van der Waals surface area (Å²) in [6.07, 6.45) is 3.42. The number of benzene rings is 1. The van der Waals surface area contributed by atoms with Gasteiger partial charge in [0.1, 0.15) is 5.01 Å². The lowest BCUT2D eigenvalue weighted by Gasteiger charge is -2.05. The van der Waals surface area contributed by atoms with Crippen molar-refractivity contribution in [2.24, 2.45) is 0 Å². The molecular formula is C14H13ClN6O4S3. The van der Waals surface area contributed by atoms with Crippen LogP contribution in [0.2, 0.25) is 5.02 Å². The van der Waals surface area contributed by atoms with E-state index in [0.717, 1.165) is 23.8 Å². The molecule has 0 aliphatic carbocycles. The normalized spacial score (nSPS) is 12.1. The molecule has 0 bridgehead atoms. The summed E-state index contributed by atoms with van der Waals surface area (Å²) in [4.78, 5) is 8.02. The molecule has 0 aliphatic heterocycles. The molecule has 2 aromatic heterocycles.